The van der Waals surface area contributed by atoms with Gasteiger partial charge in [-0.25, -0.2) is 0 Å². The Bertz CT molecular complexity index is 636. The van der Waals surface area contributed by atoms with Gasteiger partial charge in [-0.15, -0.1) is 0 Å². The maximum Gasteiger partial charge on any atom is 0.308 e. The first-order valence-electron chi connectivity index (χ1n) is 6.71. The summed E-state index contributed by atoms with van der Waals surface area (Å²) < 4.78 is 1.40. The van der Waals surface area contributed by atoms with Crippen molar-refractivity contribution in [2.75, 3.05) is 0 Å². The van der Waals surface area contributed by atoms with Crippen LogP contribution in [0.15, 0.2) is 23.1 Å². The number of carbonyl (C=O) groups is 2. The van der Waals surface area contributed by atoms with E-state index in [1.165, 1.54) is 10.6 Å². The largest absolute Gasteiger partial charge is 0.481 e. The van der Waals surface area contributed by atoms with E-state index >= 15 is 0 Å². The molecule has 1 amide bonds. The number of aromatic nitrogens is 1. The number of carboxylic acids is 1. The van der Waals surface area contributed by atoms with Crippen molar-refractivity contribution in [1.29, 1.82) is 0 Å². The molecule has 2 fully saturated rings. The van der Waals surface area contributed by atoms with E-state index in [1.807, 2.05) is 0 Å². The third-order valence-electron chi connectivity index (χ3n) is 4.44. The second-order valence-corrected chi connectivity index (χ2v) is 5.56. The van der Waals surface area contributed by atoms with Crippen molar-refractivity contribution >= 4 is 11.9 Å². The lowest BCUT2D eigenvalue weighted by Crippen LogP contribution is -2.38. The number of carbonyl (C=O) groups excluding carboxylic acids is 1. The number of pyridine rings is 1. The Morgan fingerprint density at radius 2 is 2.10 bits per heavy atom. The number of aliphatic carboxylic acids is 1. The lowest BCUT2D eigenvalue weighted by molar-refractivity contribution is -0.142. The van der Waals surface area contributed by atoms with E-state index in [-0.39, 0.29) is 23.6 Å². The molecule has 0 radical (unpaired) electrons. The van der Waals surface area contributed by atoms with E-state index in [0.29, 0.717) is 12.0 Å². The Morgan fingerprint density at radius 1 is 1.35 bits per heavy atom. The van der Waals surface area contributed by atoms with Crippen LogP contribution >= 0.6 is 0 Å². The minimum atomic E-state index is -0.834. The van der Waals surface area contributed by atoms with Gasteiger partial charge in [-0.1, -0.05) is 0 Å². The molecule has 1 aromatic heterocycles. The maximum atomic E-state index is 12.5. The molecule has 0 spiro atoms. The van der Waals surface area contributed by atoms with Gasteiger partial charge in [0.1, 0.15) is 0 Å². The highest BCUT2D eigenvalue weighted by Gasteiger charge is 2.51. The van der Waals surface area contributed by atoms with E-state index in [0.717, 1.165) is 12.8 Å². The van der Waals surface area contributed by atoms with Crippen LogP contribution in [0.5, 0.6) is 0 Å². The van der Waals surface area contributed by atoms with Crippen LogP contribution in [0.1, 0.15) is 29.6 Å². The Balaban J connectivity index is 1.90. The molecule has 1 N–H and O–H groups in total. The molecular formula is C14H16N2O4. The summed E-state index contributed by atoms with van der Waals surface area (Å²) in [5.41, 5.74) is 0.105. The number of fused-ring (bicyclic) bond motifs is 2. The molecule has 0 saturated carbocycles. The van der Waals surface area contributed by atoms with Crippen LogP contribution in [0.25, 0.3) is 0 Å². The van der Waals surface area contributed by atoms with Crippen LogP contribution in [0, 0.1) is 5.92 Å². The van der Waals surface area contributed by atoms with Crippen LogP contribution in [0.3, 0.4) is 0 Å². The van der Waals surface area contributed by atoms with Gasteiger partial charge in [0, 0.05) is 37.0 Å². The third-order valence-corrected chi connectivity index (χ3v) is 4.44. The van der Waals surface area contributed by atoms with E-state index < -0.39 is 11.9 Å². The quantitative estimate of drug-likeness (QED) is 0.851. The van der Waals surface area contributed by atoms with Crippen LogP contribution in [0.4, 0.5) is 0 Å². The highest BCUT2D eigenvalue weighted by molar-refractivity contribution is 5.95. The number of rotatable bonds is 2. The summed E-state index contributed by atoms with van der Waals surface area (Å²) in [4.78, 5) is 37.0. The van der Waals surface area contributed by atoms with Gasteiger partial charge in [0.25, 0.3) is 11.5 Å². The summed E-state index contributed by atoms with van der Waals surface area (Å²) in [6.07, 6.45) is 3.67. The molecule has 106 valence electrons. The zero-order chi connectivity index (χ0) is 14.4. The molecule has 3 heterocycles. The summed E-state index contributed by atoms with van der Waals surface area (Å²) in [6.45, 7) is 0. The van der Waals surface area contributed by atoms with E-state index in [9.17, 15) is 19.5 Å². The second-order valence-electron chi connectivity index (χ2n) is 5.56. The summed E-state index contributed by atoms with van der Waals surface area (Å²) in [6, 6.07) is 2.69. The molecule has 3 rings (SSSR count). The molecule has 3 atom stereocenters. The average Bonchev–Trinajstić information content (AvgIpc) is 2.98. The zero-order valence-electron chi connectivity index (χ0n) is 11.2. The molecular weight excluding hydrogens is 260 g/mol. The summed E-state index contributed by atoms with van der Waals surface area (Å²) in [5, 5.41) is 9.19. The predicted molar refractivity (Wildman–Crippen MR) is 70.4 cm³/mol. The fourth-order valence-corrected chi connectivity index (χ4v) is 3.40. The van der Waals surface area contributed by atoms with Gasteiger partial charge < -0.3 is 14.6 Å². The second kappa shape index (κ2) is 4.47. The molecule has 3 unspecified atom stereocenters. The SMILES string of the molecule is Cn1ccc(C(=O)N2C3CCC2C(C(=O)O)C3)cc1=O. The van der Waals surface area contributed by atoms with Crippen molar-refractivity contribution in [2.24, 2.45) is 13.0 Å². The van der Waals surface area contributed by atoms with Gasteiger partial charge in [0.2, 0.25) is 0 Å². The van der Waals surface area contributed by atoms with E-state index in [2.05, 4.69) is 0 Å². The zero-order valence-corrected chi connectivity index (χ0v) is 11.2. The van der Waals surface area contributed by atoms with E-state index in [1.54, 1.807) is 24.2 Å². The van der Waals surface area contributed by atoms with E-state index in [4.69, 9.17) is 0 Å². The summed E-state index contributed by atoms with van der Waals surface area (Å²) in [7, 11) is 1.62. The Labute approximate surface area is 115 Å². The Kier molecular flexibility index (Phi) is 2.88. The minimum absolute atomic E-state index is 0.00217. The topological polar surface area (TPSA) is 79.6 Å². The van der Waals surface area contributed by atoms with Gasteiger partial charge >= 0.3 is 5.97 Å². The number of nitrogens with zero attached hydrogens (tertiary/aromatic N) is 2. The van der Waals surface area contributed by atoms with Gasteiger partial charge in [0.05, 0.1) is 5.92 Å². The Morgan fingerprint density at radius 3 is 2.70 bits per heavy atom. The smallest absolute Gasteiger partial charge is 0.308 e. The third kappa shape index (κ3) is 1.83. The number of carboxylic acid groups (broad SMARTS) is 1. The predicted octanol–water partition coefficient (Wildman–Crippen LogP) is 0.463. The van der Waals surface area contributed by atoms with Crippen molar-refractivity contribution < 1.29 is 14.7 Å². The van der Waals surface area contributed by atoms with Crippen molar-refractivity contribution in [3.63, 3.8) is 0 Å². The fraction of sp³-hybridized carbons (Fsp3) is 0.500. The van der Waals surface area contributed by atoms with Crippen LogP contribution in [0.2, 0.25) is 0 Å². The van der Waals surface area contributed by atoms with Crippen molar-refractivity contribution in [3.05, 3.63) is 34.2 Å². The van der Waals surface area contributed by atoms with Gasteiger partial charge in [0.15, 0.2) is 0 Å². The van der Waals surface area contributed by atoms with Crippen LogP contribution in [-0.2, 0) is 11.8 Å². The first kappa shape index (κ1) is 12.9. The first-order chi connectivity index (χ1) is 9.49. The molecule has 0 aromatic carbocycles. The lowest BCUT2D eigenvalue weighted by Gasteiger charge is -2.23. The molecule has 2 saturated heterocycles. The minimum Gasteiger partial charge on any atom is -0.481 e. The highest BCUT2D eigenvalue weighted by atomic mass is 16.4. The van der Waals surface area contributed by atoms with Crippen molar-refractivity contribution in [2.45, 2.75) is 31.3 Å². The molecule has 20 heavy (non-hydrogen) atoms. The average molecular weight is 276 g/mol. The number of aryl methyl sites for hydroxylation is 1. The monoisotopic (exact) mass is 276 g/mol. The van der Waals surface area contributed by atoms with Gasteiger partial charge in [-0.05, 0) is 25.3 Å². The maximum absolute atomic E-state index is 12.5. The summed E-state index contributed by atoms with van der Waals surface area (Å²) >= 11 is 0. The normalized spacial score (nSPS) is 27.9. The molecule has 6 heteroatoms. The number of amides is 1. The first-order valence-corrected chi connectivity index (χ1v) is 6.71. The molecule has 2 aliphatic rings. The molecule has 1 aromatic rings. The molecule has 6 nitrogen and oxygen atoms in total. The summed E-state index contributed by atoms with van der Waals surface area (Å²) in [5.74, 6) is -1.53. The van der Waals surface area contributed by atoms with Crippen LogP contribution in [-0.4, -0.2) is 38.5 Å². The van der Waals surface area contributed by atoms with Crippen molar-refractivity contribution in [1.82, 2.24) is 9.47 Å². The highest BCUT2D eigenvalue weighted by Crippen LogP contribution is 2.42. The van der Waals surface area contributed by atoms with Crippen molar-refractivity contribution in [3.8, 4) is 0 Å². The molecule has 2 aliphatic heterocycles. The number of hydrogen-bond donors (Lipinski definition) is 1. The number of hydrogen-bond acceptors (Lipinski definition) is 3. The Hall–Kier alpha value is -2.11. The fourth-order valence-electron chi connectivity index (χ4n) is 3.40. The van der Waals surface area contributed by atoms with Crippen LogP contribution < -0.4 is 5.56 Å². The molecule has 0 aliphatic carbocycles. The lowest BCUT2D eigenvalue weighted by atomic mass is 9.89. The molecule has 2 bridgehead atoms. The standard InChI is InChI=1S/C14H16N2O4/c1-15-5-4-8(6-12(15)17)13(18)16-9-2-3-11(16)10(7-9)14(19)20/h4-6,9-11H,2-3,7H2,1H3,(H,19,20). The van der Waals surface area contributed by atoms with Gasteiger partial charge in [-0.3, -0.25) is 14.4 Å². The van der Waals surface area contributed by atoms with Gasteiger partial charge in [-0.2, -0.15) is 0 Å².